The molecule has 0 N–H and O–H groups in total. The number of aromatic nitrogens is 3. The van der Waals surface area contributed by atoms with Gasteiger partial charge in [-0.1, -0.05) is 137 Å². The molecule has 0 amide bonds. The third-order valence-corrected chi connectivity index (χ3v) is 13.0. The molecular formula is C50H62ClN5O5. The second kappa shape index (κ2) is 21.7. The van der Waals surface area contributed by atoms with Gasteiger partial charge >= 0.3 is 5.69 Å². The molecule has 1 saturated heterocycles. The minimum Gasteiger partial charge on any atom is -0.303 e. The Hall–Kier alpha value is -4.93. The van der Waals surface area contributed by atoms with Crippen molar-refractivity contribution >= 4 is 34.1 Å². The molecule has 0 radical (unpaired) electrons. The number of carbonyl (C=O) groups is 1. The van der Waals surface area contributed by atoms with Crippen LogP contribution in [0.2, 0.25) is 5.02 Å². The van der Waals surface area contributed by atoms with Crippen molar-refractivity contribution in [3.8, 4) is 11.1 Å². The molecule has 6 rings (SSSR count). The normalized spacial score (nSPS) is 14.1. The molecule has 1 fully saturated rings. The quantitative estimate of drug-likeness (QED) is 0.0294. The zero-order chi connectivity index (χ0) is 43.4. The molecule has 1 aliphatic rings. The number of ketones is 1. The van der Waals surface area contributed by atoms with E-state index in [9.17, 15) is 24.5 Å². The number of hydrogen-bond donors (Lipinski definition) is 0. The third-order valence-electron chi connectivity index (χ3n) is 12.7. The van der Waals surface area contributed by atoms with Crippen LogP contribution in [0.25, 0.3) is 22.2 Å². The highest BCUT2D eigenvalue weighted by Gasteiger charge is 2.37. The number of hydrogen-bond acceptors (Lipinski definition) is 7. The predicted molar refractivity (Wildman–Crippen MR) is 247 cm³/mol. The Morgan fingerprint density at radius 3 is 1.89 bits per heavy atom. The van der Waals surface area contributed by atoms with Gasteiger partial charge in [-0.2, -0.15) is 0 Å². The van der Waals surface area contributed by atoms with Gasteiger partial charge in [0.15, 0.2) is 5.78 Å². The Morgan fingerprint density at radius 2 is 1.31 bits per heavy atom. The molecule has 1 aliphatic heterocycles. The van der Waals surface area contributed by atoms with Gasteiger partial charge in [0.25, 0.3) is 11.2 Å². The molecule has 3 aromatic carbocycles. The first kappa shape index (κ1) is 45.6. The van der Waals surface area contributed by atoms with Gasteiger partial charge in [-0.25, -0.2) is 9.78 Å². The Balaban J connectivity index is 1.06. The predicted octanol–water partition coefficient (Wildman–Crippen LogP) is 11.5. The fraction of sp³-hybridized carbons (Fsp3) is 0.480. The number of aryl methyl sites for hydroxylation is 2. The molecule has 0 atom stereocenters. The molecule has 324 valence electrons. The van der Waals surface area contributed by atoms with Crippen LogP contribution in [0, 0.1) is 17.0 Å². The number of halogens is 1. The summed E-state index contributed by atoms with van der Waals surface area (Å²) in [5.74, 6) is -0.196. The highest BCUT2D eigenvalue weighted by molar-refractivity contribution is 6.34. The Kier molecular flexibility index (Phi) is 16.2. The highest BCUT2D eigenvalue weighted by Crippen LogP contribution is 2.42. The van der Waals surface area contributed by atoms with Gasteiger partial charge in [0.1, 0.15) is 5.65 Å². The van der Waals surface area contributed by atoms with Gasteiger partial charge in [-0.15, -0.1) is 0 Å². The zero-order valence-corrected chi connectivity index (χ0v) is 37.1. The minimum absolute atomic E-state index is 0.0768. The summed E-state index contributed by atoms with van der Waals surface area (Å²) in [6, 6.07) is 26.1. The molecule has 2 aromatic heterocycles. The van der Waals surface area contributed by atoms with Crippen molar-refractivity contribution in [3.63, 3.8) is 0 Å². The standard InChI is InChI=1S/C50H62ClN5O5/c1-4-6-32-54-47-46(48(58)55(49(54)59)33-7-5-2)45(41-36-40(56(60)61)27-28-42(41)51)44(37(3)52-47)43(57)26-20-12-10-8-9-11-13-21-31-53-34-29-50(30-35-53,38-22-16-14-17-23-38)39-24-18-15-19-25-39/h14-19,22-25,27-28,36H,4-13,20-21,26,29-35H2,1-3H3. The van der Waals surface area contributed by atoms with Crippen molar-refractivity contribution in [2.24, 2.45) is 0 Å². The van der Waals surface area contributed by atoms with Gasteiger partial charge in [0.05, 0.1) is 16.0 Å². The Morgan fingerprint density at radius 1 is 0.754 bits per heavy atom. The smallest absolute Gasteiger partial charge is 0.303 e. The number of likely N-dealkylation sites (tertiary alicyclic amines) is 1. The summed E-state index contributed by atoms with van der Waals surface area (Å²) in [5, 5.41) is 12.2. The summed E-state index contributed by atoms with van der Waals surface area (Å²) in [6.45, 7) is 9.59. The summed E-state index contributed by atoms with van der Waals surface area (Å²) < 4.78 is 2.74. The second-order valence-corrected chi connectivity index (χ2v) is 17.2. The number of nitro benzene ring substituents is 1. The van der Waals surface area contributed by atoms with Crippen LogP contribution in [0.5, 0.6) is 0 Å². The molecule has 0 aliphatic carbocycles. The fourth-order valence-corrected chi connectivity index (χ4v) is 9.44. The van der Waals surface area contributed by atoms with E-state index in [4.69, 9.17) is 16.6 Å². The first-order chi connectivity index (χ1) is 29.6. The number of carbonyl (C=O) groups excluding carboxylic acids is 1. The van der Waals surface area contributed by atoms with E-state index in [0.29, 0.717) is 31.5 Å². The molecule has 10 nitrogen and oxygen atoms in total. The SMILES string of the molecule is CCCCn1c(=O)c2c(-c3cc([N+](=O)[O-])ccc3Cl)c(C(=O)CCCCCCCCCCN3CCC(c4ccccc4)(c4ccccc4)CC3)c(C)nc2n(CCCC)c1=O. The van der Waals surface area contributed by atoms with Gasteiger partial charge < -0.3 is 4.90 Å². The van der Waals surface area contributed by atoms with Crippen LogP contribution in [0.15, 0.2) is 88.5 Å². The maximum atomic E-state index is 14.3. The first-order valence-corrected chi connectivity index (χ1v) is 23.0. The second-order valence-electron chi connectivity index (χ2n) is 16.8. The number of benzene rings is 3. The lowest BCUT2D eigenvalue weighted by Crippen LogP contribution is -2.43. The van der Waals surface area contributed by atoms with E-state index in [2.05, 4.69) is 65.6 Å². The number of non-ortho nitro benzene ring substituents is 1. The average molecular weight is 849 g/mol. The van der Waals surface area contributed by atoms with Crippen molar-refractivity contribution < 1.29 is 9.72 Å². The van der Waals surface area contributed by atoms with E-state index in [1.165, 1.54) is 57.7 Å². The number of Topliss-reactive ketones (excluding diaryl/α,β-unsaturated/α-hetero) is 1. The van der Waals surface area contributed by atoms with Crippen LogP contribution < -0.4 is 11.2 Å². The number of unbranched alkanes of at least 4 members (excludes halogenated alkanes) is 9. The number of nitrogens with zero attached hydrogens (tertiary/aromatic N) is 5. The molecule has 5 aromatic rings. The molecule has 0 spiro atoms. The summed E-state index contributed by atoms with van der Waals surface area (Å²) >= 11 is 6.76. The van der Waals surface area contributed by atoms with E-state index in [1.54, 1.807) is 6.92 Å². The summed E-state index contributed by atoms with van der Waals surface area (Å²) in [7, 11) is 0. The summed E-state index contributed by atoms with van der Waals surface area (Å²) in [6.07, 6.45) is 13.8. The van der Waals surface area contributed by atoms with Crippen molar-refractivity contribution in [3.05, 3.63) is 137 Å². The van der Waals surface area contributed by atoms with Gasteiger partial charge in [-0.05, 0) is 82.3 Å². The lowest BCUT2D eigenvalue weighted by molar-refractivity contribution is -0.384. The van der Waals surface area contributed by atoms with Gasteiger partial charge in [0, 0.05) is 58.8 Å². The molecule has 0 unspecified atom stereocenters. The van der Waals surface area contributed by atoms with Gasteiger partial charge in [-0.3, -0.25) is 28.8 Å². The Labute approximate surface area is 365 Å². The van der Waals surface area contributed by atoms with Crippen LogP contribution in [-0.4, -0.2) is 49.4 Å². The average Bonchev–Trinajstić information content (AvgIpc) is 3.27. The van der Waals surface area contributed by atoms with Crippen molar-refractivity contribution in [1.29, 1.82) is 0 Å². The molecule has 0 bridgehead atoms. The molecule has 3 heterocycles. The maximum absolute atomic E-state index is 14.3. The monoisotopic (exact) mass is 847 g/mol. The van der Waals surface area contributed by atoms with Crippen molar-refractivity contribution in [2.45, 2.75) is 136 Å². The number of piperidine rings is 1. The first-order valence-electron chi connectivity index (χ1n) is 22.6. The topological polar surface area (TPSA) is 120 Å². The van der Waals surface area contributed by atoms with Crippen molar-refractivity contribution in [1.82, 2.24) is 19.0 Å². The lowest BCUT2D eigenvalue weighted by Gasteiger charge is -2.43. The number of nitro groups is 1. The molecule has 11 heteroatoms. The molecule has 0 saturated carbocycles. The fourth-order valence-electron chi connectivity index (χ4n) is 9.23. The van der Waals surface area contributed by atoms with E-state index >= 15 is 0 Å². The summed E-state index contributed by atoms with van der Waals surface area (Å²) in [5.41, 5.74) is 2.89. The molecule has 61 heavy (non-hydrogen) atoms. The van der Waals surface area contributed by atoms with Crippen LogP contribution in [0.1, 0.15) is 137 Å². The van der Waals surface area contributed by atoms with E-state index in [-0.39, 0.29) is 62.6 Å². The lowest BCUT2D eigenvalue weighted by atomic mass is 9.68. The highest BCUT2D eigenvalue weighted by atomic mass is 35.5. The zero-order valence-electron chi connectivity index (χ0n) is 36.3. The van der Waals surface area contributed by atoms with Crippen LogP contribution in [-0.2, 0) is 18.5 Å². The number of rotatable bonds is 22. The van der Waals surface area contributed by atoms with Gasteiger partial charge in [0.2, 0.25) is 0 Å². The van der Waals surface area contributed by atoms with E-state index in [0.717, 1.165) is 71.0 Å². The summed E-state index contributed by atoms with van der Waals surface area (Å²) in [4.78, 5) is 61.2. The third kappa shape index (κ3) is 10.6. The number of pyridine rings is 1. The largest absolute Gasteiger partial charge is 0.332 e. The molecular weight excluding hydrogens is 786 g/mol. The van der Waals surface area contributed by atoms with Crippen LogP contribution in [0.4, 0.5) is 5.69 Å². The van der Waals surface area contributed by atoms with Crippen molar-refractivity contribution in [2.75, 3.05) is 19.6 Å². The Bertz CT molecular complexity index is 2340. The van der Waals surface area contributed by atoms with E-state index in [1.807, 2.05) is 13.8 Å². The van der Waals surface area contributed by atoms with Crippen LogP contribution in [0.3, 0.4) is 0 Å². The minimum atomic E-state index is -0.565. The maximum Gasteiger partial charge on any atom is 0.332 e. The number of fused-ring (bicyclic) bond motifs is 1. The van der Waals surface area contributed by atoms with E-state index < -0.39 is 16.2 Å². The van der Waals surface area contributed by atoms with Crippen LogP contribution >= 0.6 is 11.6 Å².